The Hall–Kier alpha value is -4.68. The zero-order chi connectivity index (χ0) is 41.5. The Morgan fingerprint density at radius 1 is 0.569 bits per heavy atom. The number of ether oxygens (including phenoxy) is 2. The molecule has 0 unspecified atom stereocenters. The molecule has 3 aliphatic rings. The molecule has 6 aromatic rings. The summed E-state index contributed by atoms with van der Waals surface area (Å²) in [6, 6.07) is 26.5. The number of hydrogen-bond donors (Lipinski definition) is 0. The molecule has 3 aliphatic heterocycles. The molecule has 0 atom stereocenters. The maximum absolute atomic E-state index is 6.20. The van der Waals surface area contributed by atoms with Crippen molar-refractivity contribution in [1.29, 1.82) is 0 Å². The van der Waals surface area contributed by atoms with Crippen molar-refractivity contribution in [3.63, 3.8) is 0 Å². The summed E-state index contributed by atoms with van der Waals surface area (Å²) in [5, 5.41) is 1.32. The van der Waals surface area contributed by atoms with Crippen LogP contribution in [0.3, 0.4) is 0 Å². The minimum Gasteiger partial charge on any atom is -0.454 e. The second-order valence-electron chi connectivity index (χ2n) is 20.7. The molecule has 0 fully saturated rings. The van der Waals surface area contributed by atoms with E-state index in [1.54, 1.807) is 0 Å². The second-order valence-corrected chi connectivity index (χ2v) is 21.8. The van der Waals surface area contributed by atoms with Gasteiger partial charge in [-0.1, -0.05) is 106 Å². The van der Waals surface area contributed by atoms with Gasteiger partial charge < -0.3 is 19.3 Å². The highest BCUT2D eigenvalue weighted by atomic mass is 32.1. The summed E-state index contributed by atoms with van der Waals surface area (Å²) in [6.45, 7) is 35.0. The highest BCUT2D eigenvalue weighted by Crippen LogP contribution is 2.53. The van der Waals surface area contributed by atoms with Gasteiger partial charge in [0.05, 0.1) is 17.1 Å². The highest BCUT2D eigenvalue weighted by Gasteiger charge is 2.47. The van der Waals surface area contributed by atoms with Crippen molar-refractivity contribution in [2.45, 2.75) is 126 Å². The fraction of sp³-hybridized carbons (Fsp3) is 0.385. The topological polar surface area (TPSA) is 24.9 Å². The Bertz CT molecular complexity index is 2650. The lowest BCUT2D eigenvalue weighted by molar-refractivity contribution is 0.174. The quantitative estimate of drug-likeness (QED) is 0.167. The van der Waals surface area contributed by atoms with E-state index in [0.29, 0.717) is 5.92 Å². The molecule has 0 spiro atoms. The molecule has 6 heteroatoms. The summed E-state index contributed by atoms with van der Waals surface area (Å²) in [7, 11) is 0. The first-order valence-corrected chi connectivity index (χ1v) is 22.0. The summed E-state index contributed by atoms with van der Waals surface area (Å²) in [5.74, 6) is 1.94. The lowest BCUT2D eigenvalue weighted by Crippen LogP contribution is -2.60. The Morgan fingerprint density at radius 3 is 1.59 bits per heavy atom. The molecule has 58 heavy (non-hydrogen) atoms. The van der Waals surface area contributed by atoms with E-state index in [2.05, 4.69) is 180 Å². The first-order chi connectivity index (χ1) is 27.1. The van der Waals surface area contributed by atoms with Gasteiger partial charge in [-0.2, -0.15) is 0 Å². The van der Waals surface area contributed by atoms with Gasteiger partial charge in [0.25, 0.3) is 6.71 Å². The van der Waals surface area contributed by atoms with E-state index in [4.69, 9.17) is 9.47 Å². The van der Waals surface area contributed by atoms with E-state index < -0.39 is 0 Å². The van der Waals surface area contributed by atoms with Crippen LogP contribution in [0.4, 0.5) is 34.1 Å². The number of aryl methyl sites for hydroxylation is 4. The highest BCUT2D eigenvalue weighted by molar-refractivity contribution is 7.33. The third-order valence-electron chi connectivity index (χ3n) is 12.9. The molecule has 0 saturated carbocycles. The van der Waals surface area contributed by atoms with Crippen molar-refractivity contribution in [1.82, 2.24) is 0 Å². The molecular weight excluding hydrogens is 727 g/mol. The van der Waals surface area contributed by atoms with E-state index in [9.17, 15) is 0 Å². The number of nitrogens with zero attached hydrogens (tertiary/aromatic N) is 2. The van der Waals surface area contributed by atoms with Crippen LogP contribution < -0.4 is 35.0 Å². The van der Waals surface area contributed by atoms with Crippen LogP contribution in [0, 0.1) is 27.7 Å². The summed E-state index contributed by atoms with van der Waals surface area (Å²) in [6.07, 6.45) is 0. The van der Waals surface area contributed by atoms with Gasteiger partial charge in [-0.25, -0.2) is 0 Å². The van der Waals surface area contributed by atoms with Gasteiger partial charge in [-0.15, -0.1) is 11.3 Å². The molecular formula is C52H59BN2O2S. The number of anilines is 6. The number of hydrogen-bond acceptors (Lipinski definition) is 5. The standard InChI is InChI=1S/C52H59BN2O2S/c1-28(2)33-22-40-45-41(23-33)55(47-31(5)20-36(21-32(47)6)52(13,14)15)48-37-24-34(50(7,8)9)16-17-44(37)58-49(48)53(45)38-25-42-43(57-27-56-42)26-39(38)54(40)46-29(3)18-35(19-30(46)4)51(10,11)12/h16-26,28H,27H2,1-15H3. The summed E-state index contributed by atoms with van der Waals surface area (Å²) in [4.78, 5) is 5.25. The summed E-state index contributed by atoms with van der Waals surface area (Å²) >= 11 is 1.96. The van der Waals surface area contributed by atoms with Gasteiger partial charge in [0.15, 0.2) is 11.5 Å². The maximum Gasteiger partial charge on any atom is 0.264 e. The number of fused-ring (bicyclic) bond motifs is 7. The van der Waals surface area contributed by atoms with Crippen LogP contribution in [0.2, 0.25) is 0 Å². The molecule has 0 amide bonds. The normalized spacial score (nSPS) is 14.7. The number of thiophene rings is 1. The smallest absolute Gasteiger partial charge is 0.264 e. The van der Waals surface area contributed by atoms with Crippen LogP contribution >= 0.6 is 11.3 Å². The largest absolute Gasteiger partial charge is 0.454 e. The van der Waals surface area contributed by atoms with E-state index in [-0.39, 0.29) is 29.8 Å². The number of benzene rings is 5. The number of rotatable bonds is 3. The molecule has 0 bridgehead atoms. The van der Waals surface area contributed by atoms with E-state index in [1.807, 2.05) is 11.3 Å². The first kappa shape index (κ1) is 38.8. The molecule has 298 valence electrons. The van der Waals surface area contributed by atoms with Crippen molar-refractivity contribution < 1.29 is 9.47 Å². The van der Waals surface area contributed by atoms with E-state index >= 15 is 0 Å². The van der Waals surface area contributed by atoms with Crippen LogP contribution in [0.25, 0.3) is 10.1 Å². The molecule has 9 rings (SSSR count). The fourth-order valence-electron chi connectivity index (χ4n) is 9.65. The SMILES string of the molecule is Cc1cc(C(C)(C)C)cc(C)c1N1c2cc3c(cc2B2c4sc5ccc(C(C)(C)C)cc5c4N(c4c(C)cc(C(C)(C)C)cc4C)c4cc(C(C)C)cc1c42)OCO3. The lowest BCUT2D eigenvalue weighted by Gasteiger charge is -2.45. The van der Waals surface area contributed by atoms with Crippen LogP contribution in [0.1, 0.15) is 127 Å². The third-order valence-corrected chi connectivity index (χ3v) is 14.1. The van der Waals surface area contributed by atoms with Gasteiger partial charge in [0.2, 0.25) is 6.79 Å². The fourth-order valence-corrected chi connectivity index (χ4v) is 10.9. The van der Waals surface area contributed by atoms with Crippen molar-refractivity contribution in [3.8, 4) is 11.5 Å². The van der Waals surface area contributed by atoms with Crippen LogP contribution in [0.15, 0.2) is 66.7 Å². The van der Waals surface area contributed by atoms with Crippen molar-refractivity contribution >= 4 is 78.0 Å². The molecule has 4 heterocycles. The van der Waals surface area contributed by atoms with Gasteiger partial charge >= 0.3 is 0 Å². The summed E-state index contributed by atoms with van der Waals surface area (Å²) < 4.78 is 15.1. The Balaban J connectivity index is 1.45. The van der Waals surface area contributed by atoms with Crippen LogP contribution in [-0.4, -0.2) is 13.5 Å². The molecule has 5 aromatic carbocycles. The van der Waals surface area contributed by atoms with Crippen molar-refractivity contribution in [3.05, 3.63) is 111 Å². The zero-order valence-electron chi connectivity index (χ0n) is 37.3. The lowest BCUT2D eigenvalue weighted by atomic mass is 9.36. The minimum atomic E-state index is -0.00220. The zero-order valence-corrected chi connectivity index (χ0v) is 38.1. The molecule has 0 radical (unpaired) electrons. The van der Waals surface area contributed by atoms with Crippen molar-refractivity contribution in [2.24, 2.45) is 0 Å². The van der Waals surface area contributed by atoms with Crippen LogP contribution in [0.5, 0.6) is 11.5 Å². The average molecular weight is 787 g/mol. The van der Waals surface area contributed by atoms with Gasteiger partial charge in [0.1, 0.15) is 0 Å². The van der Waals surface area contributed by atoms with Gasteiger partial charge in [-0.3, -0.25) is 0 Å². The molecule has 0 aliphatic carbocycles. The predicted molar refractivity (Wildman–Crippen MR) is 251 cm³/mol. The van der Waals surface area contributed by atoms with Gasteiger partial charge in [0, 0.05) is 38.0 Å². The van der Waals surface area contributed by atoms with E-state index in [0.717, 1.165) is 17.2 Å². The average Bonchev–Trinajstić information content (AvgIpc) is 3.74. The third kappa shape index (κ3) is 5.91. The maximum atomic E-state index is 6.20. The second kappa shape index (κ2) is 12.9. The minimum absolute atomic E-state index is 0.00220. The van der Waals surface area contributed by atoms with Crippen molar-refractivity contribution in [2.75, 3.05) is 16.6 Å². The Kier molecular flexibility index (Phi) is 8.64. The van der Waals surface area contributed by atoms with Gasteiger partial charge in [-0.05, 0) is 136 Å². The predicted octanol–water partition coefficient (Wildman–Crippen LogP) is 13.0. The summed E-state index contributed by atoms with van der Waals surface area (Å²) in [5.41, 5.74) is 20.7. The Morgan fingerprint density at radius 2 is 1.07 bits per heavy atom. The molecule has 0 saturated heterocycles. The molecule has 1 aromatic heterocycles. The monoisotopic (exact) mass is 786 g/mol. The molecule has 0 N–H and O–H groups in total. The Labute approximate surface area is 351 Å². The molecule has 4 nitrogen and oxygen atoms in total. The first-order valence-electron chi connectivity index (χ1n) is 21.2. The van der Waals surface area contributed by atoms with Crippen LogP contribution in [-0.2, 0) is 16.2 Å². The van der Waals surface area contributed by atoms with E-state index in [1.165, 1.54) is 98.7 Å².